The lowest BCUT2D eigenvalue weighted by molar-refractivity contribution is -0.135. The molecule has 1 aromatic rings. The molecule has 1 atom stereocenters. The summed E-state index contributed by atoms with van der Waals surface area (Å²) >= 11 is 3.46. The Kier molecular flexibility index (Phi) is 5.04. The van der Waals surface area contributed by atoms with E-state index >= 15 is 0 Å². The Morgan fingerprint density at radius 2 is 2.10 bits per heavy atom. The Morgan fingerprint density at radius 3 is 2.71 bits per heavy atom. The van der Waals surface area contributed by atoms with Crippen LogP contribution in [0.25, 0.3) is 0 Å². The topological polar surface area (TPSA) is 40.6 Å². The highest BCUT2D eigenvalue weighted by Gasteiger charge is 2.37. The SMILES string of the molecule is CC(C)CN(C)C(=O)C1CC(=O)N(c2ccccc2Br)C1. The van der Waals surface area contributed by atoms with Crippen LogP contribution >= 0.6 is 15.9 Å². The molecule has 2 rings (SSSR count). The fraction of sp³-hybridized carbons (Fsp3) is 0.500. The number of hydrogen-bond acceptors (Lipinski definition) is 2. The minimum atomic E-state index is -0.242. The van der Waals surface area contributed by atoms with Crippen LogP contribution in [-0.4, -0.2) is 36.9 Å². The van der Waals surface area contributed by atoms with Gasteiger partial charge in [0.25, 0.3) is 0 Å². The van der Waals surface area contributed by atoms with Crippen LogP contribution in [-0.2, 0) is 9.59 Å². The van der Waals surface area contributed by atoms with Crippen LogP contribution in [0.15, 0.2) is 28.7 Å². The molecule has 1 saturated heterocycles. The highest BCUT2D eigenvalue weighted by molar-refractivity contribution is 9.10. The highest BCUT2D eigenvalue weighted by Crippen LogP contribution is 2.31. The van der Waals surface area contributed by atoms with Gasteiger partial charge in [-0.05, 0) is 34.0 Å². The number of nitrogens with zero attached hydrogens (tertiary/aromatic N) is 2. The van der Waals surface area contributed by atoms with Gasteiger partial charge in [0.1, 0.15) is 0 Å². The molecule has 1 heterocycles. The van der Waals surface area contributed by atoms with Gasteiger partial charge < -0.3 is 9.80 Å². The Hall–Kier alpha value is -1.36. The molecule has 114 valence electrons. The van der Waals surface area contributed by atoms with Gasteiger partial charge in [-0.3, -0.25) is 9.59 Å². The first kappa shape index (κ1) is 16.0. The number of anilines is 1. The van der Waals surface area contributed by atoms with Crippen molar-refractivity contribution in [1.29, 1.82) is 0 Å². The third kappa shape index (κ3) is 3.64. The molecular formula is C16H21BrN2O2. The summed E-state index contributed by atoms with van der Waals surface area (Å²) in [5.74, 6) is 0.258. The van der Waals surface area contributed by atoms with Gasteiger partial charge >= 0.3 is 0 Å². The van der Waals surface area contributed by atoms with E-state index in [1.54, 1.807) is 9.80 Å². The van der Waals surface area contributed by atoms with E-state index < -0.39 is 0 Å². The van der Waals surface area contributed by atoms with Gasteiger partial charge in [0.05, 0.1) is 11.6 Å². The molecule has 4 nitrogen and oxygen atoms in total. The summed E-state index contributed by atoms with van der Waals surface area (Å²) in [4.78, 5) is 28.1. The third-order valence-electron chi connectivity index (χ3n) is 3.63. The van der Waals surface area contributed by atoms with Gasteiger partial charge in [-0.2, -0.15) is 0 Å². The molecule has 5 heteroatoms. The Bertz CT molecular complexity index is 545. The van der Waals surface area contributed by atoms with Crippen LogP contribution in [0.1, 0.15) is 20.3 Å². The van der Waals surface area contributed by atoms with Crippen molar-refractivity contribution < 1.29 is 9.59 Å². The lowest BCUT2D eigenvalue weighted by atomic mass is 10.1. The number of amides is 2. The molecule has 1 aliphatic heterocycles. The van der Waals surface area contributed by atoms with Crippen molar-refractivity contribution in [3.8, 4) is 0 Å². The maximum Gasteiger partial charge on any atom is 0.227 e. The van der Waals surface area contributed by atoms with E-state index in [1.165, 1.54) is 0 Å². The van der Waals surface area contributed by atoms with Gasteiger partial charge in [0, 0.05) is 31.0 Å². The van der Waals surface area contributed by atoms with E-state index in [2.05, 4.69) is 29.8 Å². The van der Waals surface area contributed by atoms with Crippen molar-refractivity contribution in [1.82, 2.24) is 4.90 Å². The molecule has 0 radical (unpaired) electrons. The predicted molar refractivity (Wildman–Crippen MR) is 87.1 cm³/mol. The number of carbonyl (C=O) groups is 2. The lowest BCUT2D eigenvalue weighted by Crippen LogP contribution is -2.36. The molecule has 0 N–H and O–H groups in total. The molecule has 1 fully saturated rings. The van der Waals surface area contributed by atoms with Gasteiger partial charge in [-0.25, -0.2) is 0 Å². The zero-order valence-electron chi connectivity index (χ0n) is 12.7. The van der Waals surface area contributed by atoms with Gasteiger partial charge in [0.2, 0.25) is 11.8 Å². The molecule has 0 saturated carbocycles. The van der Waals surface area contributed by atoms with E-state index in [1.807, 2.05) is 31.3 Å². The van der Waals surface area contributed by atoms with Crippen molar-refractivity contribution in [3.63, 3.8) is 0 Å². The Labute approximate surface area is 134 Å². The number of hydrogen-bond donors (Lipinski definition) is 0. The lowest BCUT2D eigenvalue weighted by Gasteiger charge is -2.23. The molecular weight excluding hydrogens is 332 g/mol. The fourth-order valence-corrected chi connectivity index (χ4v) is 3.22. The maximum atomic E-state index is 12.4. The molecule has 0 aliphatic carbocycles. The third-order valence-corrected chi connectivity index (χ3v) is 4.30. The first-order chi connectivity index (χ1) is 9.90. The summed E-state index contributed by atoms with van der Waals surface area (Å²) < 4.78 is 0.877. The minimum absolute atomic E-state index is 0.0122. The summed E-state index contributed by atoms with van der Waals surface area (Å²) in [5, 5.41) is 0. The Balaban J connectivity index is 2.09. The second-order valence-electron chi connectivity index (χ2n) is 5.97. The van der Waals surface area contributed by atoms with E-state index in [-0.39, 0.29) is 17.7 Å². The number of para-hydroxylation sites is 1. The van der Waals surface area contributed by atoms with Gasteiger partial charge in [-0.15, -0.1) is 0 Å². The summed E-state index contributed by atoms with van der Waals surface area (Å²) in [6, 6.07) is 7.61. The predicted octanol–water partition coefficient (Wildman–Crippen LogP) is 2.92. The second-order valence-corrected chi connectivity index (χ2v) is 6.82. The first-order valence-electron chi connectivity index (χ1n) is 7.20. The summed E-state index contributed by atoms with van der Waals surface area (Å²) in [5.41, 5.74) is 0.837. The van der Waals surface area contributed by atoms with Crippen molar-refractivity contribution in [2.75, 3.05) is 25.0 Å². The number of benzene rings is 1. The number of rotatable bonds is 4. The zero-order valence-corrected chi connectivity index (χ0v) is 14.3. The molecule has 0 bridgehead atoms. The van der Waals surface area contributed by atoms with Crippen molar-refractivity contribution >= 4 is 33.4 Å². The normalized spacial score (nSPS) is 18.4. The zero-order chi connectivity index (χ0) is 15.6. The fourth-order valence-electron chi connectivity index (χ4n) is 2.73. The second kappa shape index (κ2) is 6.60. The monoisotopic (exact) mass is 352 g/mol. The standard InChI is InChI=1S/C16H21BrN2O2/c1-11(2)9-18(3)16(21)12-8-15(20)19(10-12)14-7-5-4-6-13(14)17/h4-7,11-12H,8-10H2,1-3H3. The van der Waals surface area contributed by atoms with Gasteiger partial charge in [0.15, 0.2) is 0 Å². The van der Waals surface area contributed by atoms with Crippen LogP contribution in [0.2, 0.25) is 0 Å². The van der Waals surface area contributed by atoms with Crippen LogP contribution < -0.4 is 4.90 Å². The van der Waals surface area contributed by atoms with Crippen LogP contribution in [0.4, 0.5) is 5.69 Å². The van der Waals surface area contributed by atoms with Crippen molar-refractivity contribution in [2.24, 2.45) is 11.8 Å². The smallest absolute Gasteiger partial charge is 0.227 e. The van der Waals surface area contributed by atoms with Crippen molar-refractivity contribution in [3.05, 3.63) is 28.7 Å². The Morgan fingerprint density at radius 1 is 1.43 bits per heavy atom. The molecule has 0 spiro atoms. The number of halogens is 1. The quantitative estimate of drug-likeness (QED) is 0.835. The average molecular weight is 353 g/mol. The van der Waals surface area contributed by atoms with E-state index in [0.29, 0.717) is 18.9 Å². The average Bonchev–Trinajstić information content (AvgIpc) is 2.79. The molecule has 1 aliphatic rings. The number of carbonyl (C=O) groups excluding carboxylic acids is 2. The van der Waals surface area contributed by atoms with Crippen LogP contribution in [0.3, 0.4) is 0 Å². The molecule has 1 unspecified atom stereocenters. The highest BCUT2D eigenvalue weighted by atomic mass is 79.9. The van der Waals surface area contributed by atoms with E-state index in [9.17, 15) is 9.59 Å². The summed E-state index contributed by atoms with van der Waals surface area (Å²) in [7, 11) is 1.81. The first-order valence-corrected chi connectivity index (χ1v) is 7.99. The molecule has 21 heavy (non-hydrogen) atoms. The maximum absolute atomic E-state index is 12.4. The molecule has 2 amide bonds. The molecule has 0 aromatic heterocycles. The minimum Gasteiger partial charge on any atom is -0.345 e. The van der Waals surface area contributed by atoms with Crippen LogP contribution in [0.5, 0.6) is 0 Å². The largest absolute Gasteiger partial charge is 0.345 e. The summed E-state index contributed by atoms with van der Waals surface area (Å²) in [6.45, 7) is 5.34. The molecule has 1 aromatic carbocycles. The summed E-state index contributed by atoms with van der Waals surface area (Å²) in [6.07, 6.45) is 0.294. The van der Waals surface area contributed by atoms with E-state index in [4.69, 9.17) is 0 Å². The van der Waals surface area contributed by atoms with Crippen LogP contribution in [0, 0.1) is 11.8 Å². The van der Waals surface area contributed by atoms with Crippen molar-refractivity contribution in [2.45, 2.75) is 20.3 Å². The van der Waals surface area contributed by atoms with Gasteiger partial charge in [-0.1, -0.05) is 26.0 Å². The van der Waals surface area contributed by atoms with E-state index in [0.717, 1.165) is 16.7 Å².